The SMILES string of the molecule is Cn1ccnc1CC(O)c1ccccc1OC(F)F. The highest BCUT2D eigenvalue weighted by Gasteiger charge is 2.17. The summed E-state index contributed by atoms with van der Waals surface area (Å²) in [5, 5.41) is 10.1. The van der Waals surface area contributed by atoms with Gasteiger partial charge in [0.25, 0.3) is 0 Å². The third kappa shape index (κ3) is 3.29. The van der Waals surface area contributed by atoms with Gasteiger partial charge in [0, 0.05) is 31.4 Å². The summed E-state index contributed by atoms with van der Waals surface area (Å²) in [7, 11) is 1.80. The Bertz CT molecular complexity index is 543. The number of rotatable bonds is 5. The highest BCUT2D eigenvalue weighted by molar-refractivity contribution is 5.35. The predicted molar refractivity (Wildman–Crippen MR) is 64.9 cm³/mol. The Hall–Kier alpha value is -1.95. The summed E-state index contributed by atoms with van der Waals surface area (Å²) in [5.74, 6) is 0.651. The van der Waals surface area contributed by atoms with Gasteiger partial charge in [0.15, 0.2) is 0 Å². The van der Waals surface area contributed by atoms with Crippen LogP contribution in [0.5, 0.6) is 5.75 Å². The molecule has 4 nitrogen and oxygen atoms in total. The summed E-state index contributed by atoms with van der Waals surface area (Å²) < 4.78 is 30.7. The number of nitrogens with zero attached hydrogens (tertiary/aromatic N) is 2. The highest BCUT2D eigenvalue weighted by atomic mass is 19.3. The number of hydrogen-bond donors (Lipinski definition) is 1. The van der Waals surface area contributed by atoms with Crippen molar-refractivity contribution in [3.8, 4) is 5.75 Å². The minimum absolute atomic E-state index is 0.0146. The normalized spacial score (nSPS) is 12.7. The van der Waals surface area contributed by atoms with Gasteiger partial charge in [-0.2, -0.15) is 8.78 Å². The Morgan fingerprint density at radius 3 is 2.74 bits per heavy atom. The molecule has 0 bridgehead atoms. The second kappa shape index (κ2) is 5.79. The van der Waals surface area contributed by atoms with E-state index in [-0.39, 0.29) is 12.2 Å². The summed E-state index contributed by atoms with van der Waals surface area (Å²) in [5.41, 5.74) is 0.325. The summed E-state index contributed by atoms with van der Waals surface area (Å²) in [6.07, 6.45) is 2.65. The number of aromatic nitrogens is 2. The largest absolute Gasteiger partial charge is 0.434 e. The lowest BCUT2D eigenvalue weighted by molar-refractivity contribution is -0.0515. The molecule has 1 aromatic heterocycles. The maximum Gasteiger partial charge on any atom is 0.387 e. The summed E-state index contributed by atoms with van der Waals surface area (Å²) in [6.45, 7) is -2.92. The van der Waals surface area contributed by atoms with Crippen LogP contribution >= 0.6 is 0 Å². The van der Waals surface area contributed by atoms with Gasteiger partial charge in [0.2, 0.25) is 0 Å². The van der Waals surface area contributed by atoms with Crippen LogP contribution in [0.25, 0.3) is 0 Å². The van der Waals surface area contributed by atoms with E-state index in [2.05, 4.69) is 9.72 Å². The van der Waals surface area contributed by atoms with E-state index >= 15 is 0 Å². The lowest BCUT2D eigenvalue weighted by Gasteiger charge is -2.15. The first kappa shape index (κ1) is 13.5. The number of para-hydroxylation sites is 1. The summed E-state index contributed by atoms with van der Waals surface area (Å²) in [4.78, 5) is 4.09. The van der Waals surface area contributed by atoms with Gasteiger partial charge in [-0.25, -0.2) is 4.98 Å². The van der Waals surface area contributed by atoms with E-state index < -0.39 is 12.7 Å². The Morgan fingerprint density at radius 1 is 1.37 bits per heavy atom. The number of halogens is 2. The molecule has 1 heterocycles. The quantitative estimate of drug-likeness (QED) is 0.905. The van der Waals surface area contributed by atoms with Gasteiger partial charge in [-0.15, -0.1) is 0 Å². The van der Waals surface area contributed by atoms with Crippen LogP contribution in [0.4, 0.5) is 8.78 Å². The van der Waals surface area contributed by atoms with Crippen LogP contribution in [-0.2, 0) is 13.5 Å². The van der Waals surface area contributed by atoms with Crippen molar-refractivity contribution in [2.75, 3.05) is 0 Å². The molecule has 0 aliphatic heterocycles. The Balaban J connectivity index is 2.19. The molecule has 1 unspecified atom stereocenters. The van der Waals surface area contributed by atoms with E-state index in [1.807, 2.05) is 0 Å². The number of aliphatic hydroxyl groups excluding tert-OH is 1. The van der Waals surface area contributed by atoms with Gasteiger partial charge in [0.1, 0.15) is 11.6 Å². The van der Waals surface area contributed by atoms with Crippen LogP contribution in [0.1, 0.15) is 17.5 Å². The second-order valence-corrected chi connectivity index (χ2v) is 4.09. The monoisotopic (exact) mass is 268 g/mol. The minimum atomic E-state index is -2.92. The summed E-state index contributed by atoms with van der Waals surface area (Å²) >= 11 is 0. The van der Waals surface area contributed by atoms with Crippen LogP contribution in [-0.4, -0.2) is 21.3 Å². The Kier molecular flexibility index (Phi) is 4.11. The van der Waals surface area contributed by atoms with Crippen LogP contribution in [0.15, 0.2) is 36.7 Å². The van der Waals surface area contributed by atoms with Crippen molar-refractivity contribution in [3.05, 3.63) is 48.0 Å². The van der Waals surface area contributed by atoms with Crippen molar-refractivity contribution in [2.24, 2.45) is 7.05 Å². The van der Waals surface area contributed by atoms with Crippen LogP contribution in [0, 0.1) is 0 Å². The third-order valence-electron chi connectivity index (χ3n) is 2.79. The number of benzene rings is 1. The van der Waals surface area contributed by atoms with Crippen LogP contribution in [0.2, 0.25) is 0 Å². The molecule has 0 amide bonds. The van der Waals surface area contributed by atoms with Crippen molar-refractivity contribution in [2.45, 2.75) is 19.1 Å². The van der Waals surface area contributed by atoms with E-state index in [0.717, 1.165) is 0 Å². The Morgan fingerprint density at radius 2 is 2.11 bits per heavy atom. The standard InChI is InChI=1S/C13H14F2N2O2/c1-17-7-6-16-12(17)8-10(18)9-4-2-3-5-11(9)19-13(14)15/h2-7,10,13,18H,8H2,1H3. The van der Waals surface area contributed by atoms with Gasteiger partial charge in [-0.1, -0.05) is 18.2 Å². The summed E-state index contributed by atoms with van der Waals surface area (Å²) in [6, 6.07) is 6.21. The maximum absolute atomic E-state index is 12.3. The van der Waals surface area contributed by atoms with Crippen molar-refractivity contribution in [3.63, 3.8) is 0 Å². The third-order valence-corrected chi connectivity index (χ3v) is 2.79. The predicted octanol–water partition coefficient (Wildman–Crippen LogP) is 2.30. The molecule has 6 heteroatoms. The molecule has 0 spiro atoms. The molecule has 102 valence electrons. The highest BCUT2D eigenvalue weighted by Crippen LogP contribution is 2.28. The number of aryl methyl sites for hydroxylation is 1. The van der Waals surface area contributed by atoms with Gasteiger partial charge in [-0.3, -0.25) is 0 Å². The first-order valence-corrected chi connectivity index (χ1v) is 5.76. The van der Waals surface area contributed by atoms with Gasteiger partial charge in [0.05, 0.1) is 6.10 Å². The smallest absolute Gasteiger partial charge is 0.387 e. The zero-order valence-electron chi connectivity index (χ0n) is 10.3. The maximum atomic E-state index is 12.3. The van der Waals surface area contributed by atoms with Gasteiger partial charge in [-0.05, 0) is 6.07 Å². The fourth-order valence-corrected chi connectivity index (χ4v) is 1.84. The van der Waals surface area contributed by atoms with Crippen molar-refractivity contribution in [1.29, 1.82) is 0 Å². The number of aliphatic hydroxyl groups is 1. The first-order valence-electron chi connectivity index (χ1n) is 5.76. The number of hydrogen-bond acceptors (Lipinski definition) is 3. The topological polar surface area (TPSA) is 47.3 Å². The zero-order chi connectivity index (χ0) is 13.8. The van der Waals surface area contributed by atoms with Crippen LogP contribution < -0.4 is 4.74 Å². The number of imidazole rings is 1. The molecule has 2 aromatic rings. The van der Waals surface area contributed by atoms with Crippen LogP contribution in [0.3, 0.4) is 0 Å². The molecule has 0 aliphatic carbocycles. The van der Waals surface area contributed by atoms with E-state index in [4.69, 9.17) is 0 Å². The molecule has 1 aromatic carbocycles. The molecular formula is C13H14F2N2O2. The zero-order valence-corrected chi connectivity index (χ0v) is 10.3. The van der Waals surface area contributed by atoms with E-state index in [1.165, 1.54) is 6.07 Å². The lowest BCUT2D eigenvalue weighted by Crippen LogP contribution is -2.10. The average Bonchev–Trinajstić information content (AvgIpc) is 2.75. The van der Waals surface area contributed by atoms with Crippen molar-refractivity contribution in [1.82, 2.24) is 9.55 Å². The number of alkyl halides is 2. The molecule has 0 saturated heterocycles. The molecule has 0 aliphatic rings. The van der Waals surface area contributed by atoms with E-state index in [9.17, 15) is 13.9 Å². The minimum Gasteiger partial charge on any atom is -0.434 e. The molecule has 0 fully saturated rings. The lowest BCUT2D eigenvalue weighted by atomic mass is 10.1. The average molecular weight is 268 g/mol. The van der Waals surface area contributed by atoms with Gasteiger partial charge < -0.3 is 14.4 Å². The van der Waals surface area contributed by atoms with Crippen molar-refractivity contribution >= 4 is 0 Å². The fraction of sp³-hybridized carbons (Fsp3) is 0.308. The molecule has 2 rings (SSSR count). The van der Waals surface area contributed by atoms with Gasteiger partial charge >= 0.3 is 6.61 Å². The van der Waals surface area contributed by atoms with Crippen molar-refractivity contribution < 1.29 is 18.6 Å². The van der Waals surface area contributed by atoms with E-state index in [1.54, 1.807) is 42.2 Å². The van der Waals surface area contributed by atoms with E-state index in [0.29, 0.717) is 11.4 Å². The number of ether oxygens (including phenoxy) is 1. The molecule has 1 atom stereocenters. The first-order chi connectivity index (χ1) is 9.08. The molecule has 1 N–H and O–H groups in total. The second-order valence-electron chi connectivity index (χ2n) is 4.09. The molecule has 19 heavy (non-hydrogen) atoms. The molecule has 0 radical (unpaired) electrons. The fourth-order valence-electron chi connectivity index (χ4n) is 1.84. The Labute approximate surface area is 109 Å². The molecule has 0 saturated carbocycles. The molecular weight excluding hydrogens is 254 g/mol.